The van der Waals surface area contributed by atoms with E-state index >= 15 is 0 Å². The van der Waals surface area contributed by atoms with Crippen molar-refractivity contribution in [2.75, 3.05) is 11.3 Å². The van der Waals surface area contributed by atoms with Crippen LogP contribution in [0.15, 0.2) is 89.8 Å². The summed E-state index contributed by atoms with van der Waals surface area (Å²) in [6, 6.07) is 27.2. The van der Waals surface area contributed by atoms with Crippen LogP contribution in [0.3, 0.4) is 0 Å². The quantitative estimate of drug-likeness (QED) is 0.282. The average Bonchev–Trinajstić information content (AvgIpc) is 2.77. The number of rotatable bonds is 7. The van der Waals surface area contributed by atoms with Gasteiger partial charge < -0.3 is 10.0 Å². The van der Waals surface area contributed by atoms with Gasteiger partial charge in [-0.2, -0.15) is 0 Å². The summed E-state index contributed by atoms with van der Waals surface area (Å²) in [4.78, 5) is 13.8. The topological polar surface area (TPSA) is 41.1 Å². The Bertz CT molecular complexity index is 1190. The molecule has 0 radical (unpaired) electrons. The van der Waals surface area contributed by atoms with Crippen molar-refractivity contribution in [3.63, 3.8) is 0 Å². The van der Waals surface area contributed by atoms with Gasteiger partial charge in [-0.05, 0) is 59.7 Å². The molecule has 0 spiro atoms. The lowest BCUT2D eigenvalue weighted by atomic mass is 10.0. The van der Waals surface area contributed by atoms with Crippen molar-refractivity contribution in [1.29, 1.82) is 0 Å². The first kappa shape index (κ1) is 21.6. The third-order valence-corrected chi connectivity index (χ3v) is 6.05. The molecule has 1 amide bonds. The van der Waals surface area contributed by atoms with Crippen LogP contribution in [-0.2, 0) is 6.42 Å². The first-order chi connectivity index (χ1) is 15.1. The minimum atomic E-state index is -0.0760. The summed E-state index contributed by atoms with van der Waals surface area (Å²) < 4.78 is 3.36. The zero-order chi connectivity index (χ0) is 21.6. The van der Waals surface area contributed by atoms with Gasteiger partial charge in [-0.3, -0.25) is 4.79 Å². The second-order valence-electron chi connectivity index (χ2n) is 7.01. The Kier molecular flexibility index (Phi) is 7.03. The van der Waals surface area contributed by atoms with Crippen molar-refractivity contribution in [3.8, 4) is 0 Å². The number of fused-ring (bicyclic) bond motifs is 1. The van der Waals surface area contributed by atoms with Crippen LogP contribution in [0.1, 0.15) is 15.9 Å². The molecule has 4 aromatic rings. The lowest BCUT2D eigenvalue weighted by molar-refractivity contribution is 0.0956. The lowest BCUT2D eigenvalue weighted by Gasteiger charge is -2.12. The molecule has 4 rings (SSSR count). The Morgan fingerprint density at radius 3 is 2.29 bits per heavy atom. The molecular formula is C25H20Cl2N2OS. The molecule has 0 fully saturated rings. The minimum absolute atomic E-state index is 0.0760. The van der Waals surface area contributed by atoms with E-state index in [-0.39, 0.29) is 5.91 Å². The number of anilines is 1. The van der Waals surface area contributed by atoms with Gasteiger partial charge in [0, 0.05) is 32.4 Å². The van der Waals surface area contributed by atoms with Gasteiger partial charge >= 0.3 is 0 Å². The van der Waals surface area contributed by atoms with Crippen LogP contribution >= 0.6 is 35.1 Å². The van der Waals surface area contributed by atoms with Crippen LogP contribution in [0.2, 0.25) is 10.0 Å². The summed E-state index contributed by atoms with van der Waals surface area (Å²) in [7, 11) is 0. The Balaban J connectivity index is 1.49. The van der Waals surface area contributed by atoms with Crippen molar-refractivity contribution < 1.29 is 4.79 Å². The molecule has 0 unspecified atom stereocenters. The summed E-state index contributed by atoms with van der Waals surface area (Å²) in [6.45, 7) is 0.586. The first-order valence-electron chi connectivity index (χ1n) is 9.83. The van der Waals surface area contributed by atoms with Gasteiger partial charge in [0.25, 0.3) is 5.91 Å². The molecule has 31 heavy (non-hydrogen) atoms. The summed E-state index contributed by atoms with van der Waals surface area (Å²) in [5.74, 6) is -0.0760. The van der Waals surface area contributed by atoms with Crippen LogP contribution in [0.4, 0.5) is 5.69 Å². The number of amides is 1. The maximum Gasteiger partial charge on any atom is 0.251 e. The second-order valence-corrected chi connectivity index (χ2v) is 8.76. The van der Waals surface area contributed by atoms with Crippen LogP contribution in [0.25, 0.3) is 10.8 Å². The summed E-state index contributed by atoms with van der Waals surface area (Å²) >= 11 is 13.6. The fourth-order valence-corrected chi connectivity index (χ4v) is 4.79. The highest BCUT2D eigenvalue weighted by Crippen LogP contribution is 2.32. The molecule has 0 atom stereocenters. The van der Waals surface area contributed by atoms with Gasteiger partial charge in [0.15, 0.2) is 0 Å². The Morgan fingerprint density at radius 1 is 0.806 bits per heavy atom. The summed E-state index contributed by atoms with van der Waals surface area (Å²) in [5, 5.41) is 6.08. The molecule has 0 saturated heterocycles. The average molecular weight is 467 g/mol. The number of benzene rings is 4. The van der Waals surface area contributed by atoms with E-state index in [4.69, 9.17) is 23.2 Å². The Morgan fingerprint density at radius 2 is 1.52 bits per heavy atom. The molecule has 156 valence electrons. The Labute approximate surface area is 195 Å². The molecule has 0 aliphatic heterocycles. The zero-order valence-electron chi connectivity index (χ0n) is 16.6. The van der Waals surface area contributed by atoms with Gasteiger partial charge in [0.2, 0.25) is 0 Å². The minimum Gasteiger partial charge on any atom is -0.352 e. The number of halogens is 2. The molecule has 0 saturated carbocycles. The van der Waals surface area contributed by atoms with E-state index in [2.05, 4.69) is 22.2 Å². The number of carbonyl (C=O) groups is 1. The van der Waals surface area contributed by atoms with Crippen molar-refractivity contribution in [1.82, 2.24) is 5.32 Å². The highest BCUT2D eigenvalue weighted by Gasteiger charge is 2.12. The predicted octanol–water partition coefficient (Wildman–Crippen LogP) is 7.24. The molecule has 0 aromatic heterocycles. The fraction of sp³-hybridized carbons (Fsp3) is 0.0800. The van der Waals surface area contributed by atoms with Gasteiger partial charge in [0.05, 0.1) is 5.69 Å². The van der Waals surface area contributed by atoms with E-state index in [0.29, 0.717) is 22.2 Å². The maximum absolute atomic E-state index is 12.8. The highest BCUT2D eigenvalue weighted by atomic mass is 35.5. The van der Waals surface area contributed by atoms with Crippen LogP contribution in [0, 0.1) is 0 Å². The van der Waals surface area contributed by atoms with E-state index in [1.165, 1.54) is 17.5 Å². The van der Waals surface area contributed by atoms with Gasteiger partial charge in [-0.15, -0.1) is 0 Å². The molecule has 0 bridgehead atoms. The standard InChI is InChI=1S/C25H20Cl2N2OS/c26-18-14-19(27)16-20(15-18)31-29-24-11-5-8-21-22(24)9-4-10-23(21)25(30)28-13-12-17-6-2-1-3-7-17/h1-11,14-16,29H,12-13H2,(H,28,30). The van der Waals surface area contributed by atoms with E-state index in [1.54, 1.807) is 6.07 Å². The van der Waals surface area contributed by atoms with E-state index in [1.807, 2.05) is 66.7 Å². The van der Waals surface area contributed by atoms with Crippen LogP contribution in [-0.4, -0.2) is 12.5 Å². The van der Waals surface area contributed by atoms with Gasteiger partial charge in [-0.25, -0.2) is 0 Å². The van der Waals surface area contributed by atoms with Crippen LogP contribution < -0.4 is 10.0 Å². The molecular weight excluding hydrogens is 447 g/mol. The number of carbonyl (C=O) groups excluding carboxylic acids is 1. The molecule has 0 aliphatic carbocycles. The first-order valence-corrected chi connectivity index (χ1v) is 11.4. The fourth-order valence-electron chi connectivity index (χ4n) is 3.36. The van der Waals surface area contributed by atoms with Crippen LogP contribution in [0.5, 0.6) is 0 Å². The largest absolute Gasteiger partial charge is 0.352 e. The lowest BCUT2D eigenvalue weighted by Crippen LogP contribution is -2.25. The second kappa shape index (κ2) is 10.1. The molecule has 3 nitrogen and oxygen atoms in total. The number of nitrogens with one attached hydrogen (secondary N) is 2. The number of hydrogen-bond donors (Lipinski definition) is 2. The molecule has 0 aliphatic rings. The highest BCUT2D eigenvalue weighted by molar-refractivity contribution is 8.00. The SMILES string of the molecule is O=C(NCCc1ccccc1)c1cccc2c(NSc3cc(Cl)cc(Cl)c3)cccc12. The summed E-state index contributed by atoms with van der Waals surface area (Å²) in [5.41, 5.74) is 2.77. The van der Waals surface area contributed by atoms with Crippen molar-refractivity contribution in [2.24, 2.45) is 0 Å². The Hall–Kier alpha value is -2.66. The van der Waals surface area contributed by atoms with E-state index < -0.39 is 0 Å². The molecule has 6 heteroatoms. The third kappa shape index (κ3) is 5.53. The van der Waals surface area contributed by atoms with E-state index in [0.717, 1.165) is 27.8 Å². The zero-order valence-corrected chi connectivity index (χ0v) is 18.9. The van der Waals surface area contributed by atoms with Gasteiger partial charge in [0.1, 0.15) is 0 Å². The van der Waals surface area contributed by atoms with Crippen molar-refractivity contribution in [3.05, 3.63) is 106 Å². The monoisotopic (exact) mass is 466 g/mol. The predicted molar refractivity (Wildman–Crippen MR) is 132 cm³/mol. The maximum atomic E-state index is 12.8. The molecule has 2 N–H and O–H groups in total. The summed E-state index contributed by atoms with van der Waals surface area (Å²) in [6.07, 6.45) is 0.795. The van der Waals surface area contributed by atoms with Crippen molar-refractivity contribution >= 4 is 57.5 Å². The molecule has 0 heterocycles. The molecule has 4 aromatic carbocycles. The normalized spacial score (nSPS) is 10.8. The van der Waals surface area contributed by atoms with Gasteiger partial charge in [-0.1, -0.05) is 77.8 Å². The van der Waals surface area contributed by atoms with E-state index in [9.17, 15) is 4.79 Å². The smallest absolute Gasteiger partial charge is 0.251 e. The third-order valence-electron chi connectivity index (χ3n) is 4.82. The van der Waals surface area contributed by atoms with Crippen molar-refractivity contribution in [2.45, 2.75) is 11.3 Å². The number of hydrogen-bond acceptors (Lipinski definition) is 3.